The van der Waals surface area contributed by atoms with Crippen molar-refractivity contribution >= 4 is 17.5 Å². The molecule has 5 rings (SSSR count). The molecule has 5 nitrogen and oxygen atoms in total. The highest BCUT2D eigenvalue weighted by Crippen LogP contribution is 2.45. The van der Waals surface area contributed by atoms with Crippen LogP contribution in [0.1, 0.15) is 88.9 Å². The molecule has 2 aliphatic heterocycles. The lowest BCUT2D eigenvalue weighted by Gasteiger charge is -2.33. The molecule has 1 N–H and O–H groups in total. The van der Waals surface area contributed by atoms with Crippen molar-refractivity contribution in [2.24, 2.45) is 5.41 Å². The first-order valence-electron chi connectivity index (χ1n) is 12.7. The third kappa shape index (κ3) is 4.51. The summed E-state index contributed by atoms with van der Waals surface area (Å²) in [5, 5.41) is 8.55. The standard InChI is InChI=1S/C27H36ClFN4O/c1-26(2,3)33-13-9-22(31-33)19-16-23(30-24(19)18-7-8-20(28)21(29)15-18)25(34)32-14-12-27(17-32)10-5-4-6-11-27/h7-9,13,15,19,23-24,30H,4-6,10-12,14,16-17H2,1-3H3/t19-,23-,24-/m1/s1. The zero-order valence-corrected chi connectivity index (χ0v) is 21.2. The van der Waals surface area contributed by atoms with Crippen molar-refractivity contribution in [2.45, 2.75) is 89.3 Å². The van der Waals surface area contributed by atoms with Gasteiger partial charge in [-0.2, -0.15) is 5.10 Å². The summed E-state index contributed by atoms with van der Waals surface area (Å²) < 4.78 is 16.3. The van der Waals surface area contributed by atoms with Gasteiger partial charge in [0.25, 0.3) is 0 Å². The minimum Gasteiger partial charge on any atom is -0.341 e. The van der Waals surface area contributed by atoms with E-state index in [-0.39, 0.29) is 34.5 Å². The van der Waals surface area contributed by atoms with Crippen LogP contribution >= 0.6 is 11.6 Å². The molecule has 184 valence electrons. The summed E-state index contributed by atoms with van der Waals surface area (Å²) >= 11 is 5.96. The van der Waals surface area contributed by atoms with Gasteiger partial charge in [0.05, 0.1) is 22.3 Å². The highest BCUT2D eigenvalue weighted by Gasteiger charge is 2.46. The van der Waals surface area contributed by atoms with Gasteiger partial charge in [-0.3, -0.25) is 14.8 Å². The van der Waals surface area contributed by atoms with E-state index in [0.717, 1.165) is 30.8 Å². The van der Waals surface area contributed by atoms with Gasteiger partial charge in [0.15, 0.2) is 0 Å². The van der Waals surface area contributed by atoms with Gasteiger partial charge in [-0.1, -0.05) is 36.9 Å². The van der Waals surface area contributed by atoms with Crippen LogP contribution in [-0.2, 0) is 10.3 Å². The summed E-state index contributed by atoms with van der Waals surface area (Å²) in [6.07, 6.45) is 10.1. The Morgan fingerprint density at radius 3 is 2.62 bits per heavy atom. The second-order valence-electron chi connectivity index (χ2n) is 11.6. The van der Waals surface area contributed by atoms with Gasteiger partial charge in [-0.15, -0.1) is 0 Å². The van der Waals surface area contributed by atoms with Crippen molar-refractivity contribution in [3.63, 3.8) is 0 Å². The summed E-state index contributed by atoms with van der Waals surface area (Å²) in [5.74, 6) is -0.280. The summed E-state index contributed by atoms with van der Waals surface area (Å²) in [7, 11) is 0. The Labute approximate surface area is 207 Å². The molecule has 1 aliphatic carbocycles. The van der Waals surface area contributed by atoms with E-state index in [1.54, 1.807) is 6.07 Å². The number of carbonyl (C=O) groups excluding carboxylic acids is 1. The van der Waals surface area contributed by atoms with Crippen molar-refractivity contribution < 1.29 is 9.18 Å². The maximum Gasteiger partial charge on any atom is 0.239 e. The average molecular weight is 487 g/mol. The lowest BCUT2D eigenvalue weighted by atomic mass is 9.73. The highest BCUT2D eigenvalue weighted by atomic mass is 35.5. The van der Waals surface area contributed by atoms with Crippen LogP contribution in [0.2, 0.25) is 5.02 Å². The quantitative estimate of drug-likeness (QED) is 0.596. The summed E-state index contributed by atoms with van der Waals surface area (Å²) in [4.78, 5) is 15.7. The van der Waals surface area contributed by atoms with E-state index in [0.29, 0.717) is 11.8 Å². The Bertz CT molecular complexity index is 1060. The molecule has 1 saturated carbocycles. The molecule has 1 aromatic carbocycles. The molecule has 1 aromatic heterocycles. The fourth-order valence-electron chi connectivity index (χ4n) is 6.25. The van der Waals surface area contributed by atoms with Gasteiger partial charge in [-0.05, 0) is 75.6 Å². The molecule has 0 radical (unpaired) electrons. The highest BCUT2D eigenvalue weighted by molar-refractivity contribution is 6.30. The molecule has 34 heavy (non-hydrogen) atoms. The zero-order valence-electron chi connectivity index (χ0n) is 20.5. The van der Waals surface area contributed by atoms with E-state index in [9.17, 15) is 9.18 Å². The van der Waals surface area contributed by atoms with Crippen LogP contribution < -0.4 is 5.32 Å². The van der Waals surface area contributed by atoms with Gasteiger partial charge >= 0.3 is 0 Å². The number of hydrogen-bond acceptors (Lipinski definition) is 3. The Hall–Kier alpha value is -1.92. The molecule has 0 bridgehead atoms. The van der Waals surface area contributed by atoms with Crippen LogP contribution in [0, 0.1) is 11.2 Å². The number of rotatable bonds is 3. The van der Waals surface area contributed by atoms with Crippen molar-refractivity contribution in [1.29, 1.82) is 0 Å². The normalized spacial score (nSPS) is 27.0. The molecule has 3 atom stereocenters. The van der Waals surface area contributed by atoms with Crippen molar-refractivity contribution in [3.8, 4) is 0 Å². The number of hydrogen-bond donors (Lipinski definition) is 1. The van der Waals surface area contributed by atoms with Crippen molar-refractivity contribution in [3.05, 3.63) is 52.6 Å². The molecule has 3 aliphatic rings. The van der Waals surface area contributed by atoms with E-state index in [2.05, 4.69) is 31.0 Å². The number of carbonyl (C=O) groups is 1. The number of nitrogens with one attached hydrogen (secondary N) is 1. The third-order valence-corrected chi connectivity index (χ3v) is 8.52. The lowest BCUT2D eigenvalue weighted by Crippen LogP contribution is -2.44. The molecule has 3 fully saturated rings. The number of likely N-dealkylation sites (tertiary alicyclic amines) is 1. The smallest absolute Gasteiger partial charge is 0.239 e. The van der Waals surface area contributed by atoms with Gasteiger partial charge in [0, 0.05) is 31.2 Å². The van der Waals surface area contributed by atoms with Gasteiger partial charge in [0.2, 0.25) is 5.91 Å². The molecular weight excluding hydrogens is 451 g/mol. The second kappa shape index (κ2) is 8.94. The fraction of sp³-hybridized carbons (Fsp3) is 0.630. The Kier molecular flexibility index (Phi) is 6.26. The molecule has 0 unspecified atom stereocenters. The summed E-state index contributed by atoms with van der Waals surface area (Å²) in [6, 6.07) is 6.49. The van der Waals surface area contributed by atoms with Crippen molar-refractivity contribution in [2.75, 3.05) is 13.1 Å². The minimum absolute atomic E-state index is 0.0237. The number of nitrogens with zero attached hydrogens (tertiary/aromatic N) is 3. The van der Waals surface area contributed by atoms with E-state index < -0.39 is 5.82 Å². The predicted molar refractivity (Wildman–Crippen MR) is 132 cm³/mol. The van der Waals surface area contributed by atoms with Crippen LogP contribution in [0.4, 0.5) is 4.39 Å². The van der Waals surface area contributed by atoms with Gasteiger partial charge in [0.1, 0.15) is 5.82 Å². The maximum absolute atomic E-state index is 14.4. The minimum atomic E-state index is -0.437. The Morgan fingerprint density at radius 2 is 1.94 bits per heavy atom. The first-order valence-corrected chi connectivity index (χ1v) is 13.1. The monoisotopic (exact) mass is 486 g/mol. The van der Waals surface area contributed by atoms with Crippen LogP contribution in [0.15, 0.2) is 30.5 Å². The van der Waals surface area contributed by atoms with Crippen LogP contribution in [-0.4, -0.2) is 39.7 Å². The van der Waals surface area contributed by atoms with Crippen LogP contribution in [0.25, 0.3) is 0 Å². The molecule has 3 heterocycles. The van der Waals surface area contributed by atoms with Crippen LogP contribution in [0.5, 0.6) is 0 Å². The third-order valence-electron chi connectivity index (χ3n) is 8.21. The lowest BCUT2D eigenvalue weighted by molar-refractivity contribution is -0.132. The number of benzene rings is 1. The molecule has 7 heteroatoms. The fourth-order valence-corrected chi connectivity index (χ4v) is 6.37. The molecule has 1 spiro atoms. The van der Waals surface area contributed by atoms with Gasteiger partial charge in [-0.25, -0.2) is 4.39 Å². The number of aromatic nitrogens is 2. The van der Waals surface area contributed by atoms with E-state index >= 15 is 0 Å². The molecule has 1 amide bonds. The van der Waals surface area contributed by atoms with Crippen molar-refractivity contribution in [1.82, 2.24) is 20.0 Å². The first-order chi connectivity index (χ1) is 16.2. The maximum atomic E-state index is 14.4. The number of halogens is 2. The SMILES string of the molecule is CC(C)(C)n1ccc([C@H]2C[C@H](C(=O)N3CCC4(CCCCC4)C3)N[C@@H]2c2ccc(Cl)c(F)c2)n1. The largest absolute Gasteiger partial charge is 0.341 e. The van der Waals surface area contributed by atoms with Crippen LogP contribution in [0.3, 0.4) is 0 Å². The zero-order chi connectivity index (χ0) is 24.1. The van der Waals surface area contributed by atoms with E-state index in [4.69, 9.17) is 16.7 Å². The van der Waals surface area contributed by atoms with Gasteiger partial charge < -0.3 is 4.90 Å². The summed E-state index contributed by atoms with van der Waals surface area (Å²) in [6.45, 7) is 8.07. The molecular formula is C27H36ClFN4O. The van der Waals surface area contributed by atoms with E-state index in [1.807, 2.05) is 23.0 Å². The Balaban J connectivity index is 1.40. The van der Waals surface area contributed by atoms with E-state index in [1.165, 1.54) is 38.2 Å². The first kappa shape index (κ1) is 23.8. The molecule has 2 saturated heterocycles. The summed E-state index contributed by atoms with van der Waals surface area (Å²) in [5.41, 5.74) is 1.93. The average Bonchev–Trinajstić information content (AvgIpc) is 3.54. The Morgan fingerprint density at radius 1 is 1.18 bits per heavy atom. The molecule has 2 aromatic rings. The predicted octanol–water partition coefficient (Wildman–Crippen LogP) is 5.80. The second-order valence-corrected chi connectivity index (χ2v) is 12.0. The topological polar surface area (TPSA) is 50.2 Å². The number of amides is 1.